The monoisotopic (exact) mass is 267 g/mol. The van der Waals surface area contributed by atoms with E-state index < -0.39 is 0 Å². The van der Waals surface area contributed by atoms with Crippen molar-refractivity contribution in [1.29, 1.82) is 0 Å². The second kappa shape index (κ2) is 5.43. The van der Waals surface area contributed by atoms with E-state index >= 15 is 0 Å². The van der Waals surface area contributed by atoms with Gasteiger partial charge in [-0.1, -0.05) is 32.4 Å². The summed E-state index contributed by atoms with van der Waals surface area (Å²) in [4.78, 5) is 11.2. The molecule has 1 aliphatic heterocycles. The van der Waals surface area contributed by atoms with Gasteiger partial charge in [-0.05, 0) is 25.2 Å². The fourth-order valence-electron chi connectivity index (χ4n) is 2.77. The minimum Gasteiger partial charge on any atom is -0.353 e. The Bertz CT molecular complexity index is 422. The highest BCUT2D eigenvalue weighted by molar-refractivity contribution is 6.29. The Labute approximate surface area is 115 Å². The minimum atomic E-state index is 0.511. The van der Waals surface area contributed by atoms with Crippen LogP contribution in [-0.4, -0.2) is 22.6 Å². The van der Waals surface area contributed by atoms with Gasteiger partial charge in [0.25, 0.3) is 0 Å². The number of hydrogen-bond acceptors (Lipinski definition) is 3. The van der Waals surface area contributed by atoms with Crippen LogP contribution in [0.5, 0.6) is 0 Å². The van der Waals surface area contributed by atoms with Gasteiger partial charge in [-0.2, -0.15) is 0 Å². The molecule has 0 saturated carbocycles. The molecule has 0 spiro atoms. The van der Waals surface area contributed by atoms with Crippen LogP contribution in [0.2, 0.25) is 5.15 Å². The molecule has 3 unspecified atom stereocenters. The maximum atomic E-state index is 6.09. The molecule has 2 heterocycles. The summed E-state index contributed by atoms with van der Waals surface area (Å²) in [6.07, 6.45) is 2.11. The Hall–Kier alpha value is -0.830. The zero-order chi connectivity index (χ0) is 13.3. The minimum absolute atomic E-state index is 0.511. The first-order valence-electron chi connectivity index (χ1n) is 6.81. The molecule has 1 fully saturated rings. The molecular formula is C14H22ClN3. The van der Waals surface area contributed by atoms with Crippen molar-refractivity contribution in [3.8, 4) is 0 Å². The molecule has 4 heteroatoms. The smallest absolute Gasteiger partial charge is 0.134 e. The number of piperidine rings is 1. The number of aryl methyl sites for hydroxylation is 1. The van der Waals surface area contributed by atoms with Crippen LogP contribution in [0.25, 0.3) is 0 Å². The van der Waals surface area contributed by atoms with Crippen molar-refractivity contribution in [1.82, 2.24) is 9.97 Å². The van der Waals surface area contributed by atoms with E-state index in [-0.39, 0.29) is 0 Å². The zero-order valence-electron chi connectivity index (χ0n) is 11.7. The van der Waals surface area contributed by atoms with E-state index in [1.54, 1.807) is 0 Å². The van der Waals surface area contributed by atoms with Gasteiger partial charge in [0, 0.05) is 25.1 Å². The largest absolute Gasteiger partial charge is 0.353 e. The van der Waals surface area contributed by atoms with Gasteiger partial charge >= 0.3 is 0 Å². The second-order valence-corrected chi connectivity index (χ2v) is 5.92. The second-order valence-electron chi connectivity index (χ2n) is 5.53. The summed E-state index contributed by atoms with van der Waals surface area (Å²) in [7, 11) is 0. The van der Waals surface area contributed by atoms with Crippen molar-refractivity contribution in [2.45, 2.75) is 46.6 Å². The van der Waals surface area contributed by atoms with Crippen LogP contribution in [0.1, 0.15) is 39.9 Å². The fraction of sp³-hybridized carbons (Fsp3) is 0.714. The number of nitrogens with zero attached hydrogens (tertiary/aromatic N) is 3. The molecule has 1 aromatic rings. The lowest BCUT2D eigenvalue weighted by atomic mass is 9.86. The van der Waals surface area contributed by atoms with Crippen molar-refractivity contribution in [2.24, 2.45) is 11.8 Å². The highest BCUT2D eigenvalue weighted by atomic mass is 35.5. The first-order chi connectivity index (χ1) is 8.51. The van der Waals surface area contributed by atoms with Gasteiger partial charge in [-0.25, -0.2) is 9.97 Å². The predicted octanol–water partition coefficient (Wildman–Crippen LogP) is 3.56. The van der Waals surface area contributed by atoms with Crippen molar-refractivity contribution >= 4 is 17.4 Å². The van der Waals surface area contributed by atoms with E-state index in [2.05, 4.69) is 42.6 Å². The molecule has 1 saturated heterocycles. The number of aromatic nitrogens is 2. The Morgan fingerprint density at radius 3 is 2.72 bits per heavy atom. The highest BCUT2D eigenvalue weighted by Gasteiger charge is 2.29. The lowest BCUT2D eigenvalue weighted by Crippen LogP contribution is -2.46. The molecule has 0 aliphatic carbocycles. The van der Waals surface area contributed by atoms with Gasteiger partial charge in [-0.15, -0.1) is 0 Å². The molecule has 3 atom stereocenters. The average molecular weight is 268 g/mol. The number of rotatable bonds is 2. The van der Waals surface area contributed by atoms with E-state index in [4.69, 9.17) is 11.6 Å². The molecule has 1 aliphatic rings. The van der Waals surface area contributed by atoms with Gasteiger partial charge in [0.1, 0.15) is 16.8 Å². The fourth-order valence-corrected chi connectivity index (χ4v) is 2.97. The Morgan fingerprint density at radius 1 is 1.33 bits per heavy atom. The van der Waals surface area contributed by atoms with E-state index in [1.807, 2.05) is 6.07 Å². The van der Waals surface area contributed by atoms with E-state index in [0.717, 1.165) is 24.6 Å². The maximum absolute atomic E-state index is 6.09. The Balaban J connectivity index is 2.31. The molecule has 18 heavy (non-hydrogen) atoms. The molecule has 0 N–H and O–H groups in total. The first kappa shape index (κ1) is 13.6. The maximum Gasteiger partial charge on any atom is 0.134 e. The third-order valence-electron chi connectivity index (χ3n) is 3.94. The average Bonchev–Trinajstić information content (AvgIpc) is 2.32. The van der Waals surface area contributed by atoms with Crippen molar-refractivity contribution < 1.29 is 0 Å². The summed E-state index contributed by atoms with van der Waals surface area (Å²) in [5.74, 6) is 3.20. The van der Waals surface area contributed by atoms with Crippen molar-refractivity contribution in [3.05, 3.63) is 17.0 Å². The molecule has 0 bridgehead atoms. The lowest BCUT2D eigenvalue weighted by molar-refractivity contribution is 0.295. The van der Waals surface area contributed by atoms with Gasteiger partial charge in [0.2, 0.25) is 0 Å². The molecule has 0 amide bonds. The summed E-state index contributed by atoms with van der Waals surface area (Å²) >= 11 is 6.09. The standard InChI is InChI=1S/C14H22ClN3/c1-5-13-16-12(15)7-14(17-13)18-8-9(2)6-10(3)11(18)4/h7,9-11H,5-6,8H2,1-4H3. The lowest BCUT2D eigenvalue weighted by Gasteiger charge is -2.42. The van der Waals surface area contributed by atoms with Gasteiger partial charge < -0.3 is 4.90 Å². The Morgan fingerprint density at radius 2 is 2.06 bits per heavy atom. The van der Waals surface area contributed by atoms with E-state index in [1.165, 1.54) is 6.42 Å². The zero-order valence-corrected chi connectivity index (χ0v) is 12.4. The van der Waals surface area contributed by atoms with Crippen LogP contribution in [0, 0.1) is 11.8 Å². The Kier molecular flexibility index (Phi) is 4.10. The first-order valence-corrected chi connectivity index (χ1v) is 7.19. The van der Waals surface area contributed by atoms with Gasteiger partial charge in [0.05, 0.1) is 0 Å². The van der Waals surface area contributed by atoms with Crippen LogP contribution in [0.3, 0.4) is 0 Å². The summed E-state index contributed by atoms with van der Waals surface area (Å²) in [6.45, 7) is 10.0. The van der Waals surface area contributed by atoms with Gasteiger partial charge in [-0.3, -0.25) is 0 Å². The van der Waals surface area contributed by atoms with Crippen LogP contribution < -0.4 is 4.90 Å². The molecular weight excluding hydrogens is 246 g/mol. The number of halogens is 1. The van der Waals surface area contributed by atoms with Crippen molar-refractivity contribution in [3.63, 3.8) is 0 Å². The molecule has 0 aromatic carbocycles. The summed E-state index contributed by atoms with van der Waals surface area (Å²) in [5, 5.41) is 0.551. The normalized spacial score (nSPS) is 28.5. The summed E-state index contributed by atoms with van der Waals surface area (Å²) in [5.41, 5.74) is 0. The molecule has 1 aromatic heterocycles. The van der Waals surface area contributed by atoms with E-state index in [9.17, 15) is 0 Å². The highest BCUT2D eigenvalue weighted by Crippen LogP contribution is 2.31. The SMILES string of the molecule is CCc1nc(Cl)cc(N2CC(C)CC(C)C2C)n1. The number of anilines is 1. The molecule has 3 nitrogen and oxygen atoms in total. The summed E-state index contributed by atoms with van der Waals surface area (Å²) in [6, 6.07) is 2.40. The van der Waals surface area contributed by atoms with Gasteiger partial charge in [0.15, 0.2) is 0 Å². The molecule has 100 valence electrons. The molecule has 2 rings (SSSR count). The summed E-state index contributed by atoms with van der Waals surface area (Å²) < 4.78 is 0. The topological polar surface area (TPSA) is 29.0 Å². The van der Waals surface area contributed by atoms with Crippen LogP contribution in [-0.2, 0) is 6.42 Å². The number of hydrogen-bond donors (Lipinski definition) is 0. The predicted molar refractivity (Wildman–Crippen MR) is 76.2 cm³/mol. The quantitative estimate of drug-likeness (QED) is 0.767. The third-order valence-corrected chi connectivity index (χ3v) is 4.13. The molecule has 0 radical (unpaired) electrons. The van der Waals surface area contributed by atoms with E-state index in [0.29, 0.717) is 23.0 Å². The van der Waals surface area contributed by atoms with Crippen LogP contribution in [0.4, 0.5) is 5.82 Å². The van der Waals surface area contributed by atoms with Crippen molar-refractivity contribution in [2.75, 3.05) is 11.4 Å². The third kappa shape index (κ3) is 2.77. The van der Waals surface area contributed by atoms with Crippen LogP contribution >= 0.6 is 11.6 Å². The van der Waals surface area contributed by atoms with Crippen LogP contribution in [0.15, 0.2) is 6.07 Å².